The van der Waals surface area contributed by atoms with Crippen LogP contribution in [0, 0.1) is 0 Å². The maximum atomic E-state index is 12.1. The molecular formula is C21H26ClN5O. The zero-order valence-corrected chi connectivity index (χ0v) is 17.0. The van der Waals surface area contributed by atoms with E-state index in [1.165, 1.54) is 0 Å². The van der Waals surface area contributed by atoms with Gasteiger partial charge in [0.15, 0.2) is 0 Å². The molecule has 0 radical (unpaired) electrons. The van der Waals surface area contributed by atoms with Gasteiger partial charge in [0, 0.05) is 11.6 Å². The summed E-state index contributed by atoms with van der Waals surface area (Å²) in [5, 5.41) is 15.1. The molecule has 1 amide bonds. The fraction of sp³-hybridized carbons (Fsp3) is 0.381. The Morgan fingerprint density at radius 3 is 2.46 bits per heavy atom. The van der Waals surface area contributed by atoms with Crippen LogP contribution in [0.5, 0.6) is 0 Å². The molecule has 2 heterocycles. The van der Waals surface area contributed by atoms with Gasteiger partial charge in [0.05, 0.1) is 11.6 Å². The number of nitrogens with zero attached hydrogens (tertiary/aromatic N) is 3. The maximum absolute atomic E-state index is 12.1. The number of nitrogens with one attached hydrogen (secondary N) is 2. The number of halogens is 1. The van der Waals surface area contributed by atoms with E-state index in [1.807, 2.05) is 38.1 Å². The number of aromatic nitrogens is 3. The van der Waals surface area contributed by atoms with Gasteiger partial charge in [-0.3, -0.25) is 4.79 Å². The molecule has 7 heteroatoms. The molecule has 2 N–H and O–H groups in total. The van der Waals surface area contributed by atoms with Crippen LogP contribution >= 0.6 is 12.4 Å². The van der Waals surface area contributed by atoms with Crippen molar-refractivity contribution in [1.29, 1.82) is 0 Å². The third-order valence-electron chi connectivity index (χ3n) is 5.03. The molecule has 0 saturated carbocycles. The Labute approximate surface area is 171 Å². The van der Waals surface area contributed by atoms with Crippen LogP contribution in [0.25, 0.3) is 22.2 Å². The number of hydrogen-bond acceptors (Lipinski definition) is 4. The van der Waals surface area contributed by atoms with Crippen molar-refractivity contribution in [3.63, 3.8) is 0 Å². The van der Waals surface area contributed by atoms with E-state index < -0.39 is 0 Å². The Hall–Kier alpha value is -2.44. The lowest BCUT2D eigenvalue weighted by molar-refractivity contribution is 0.0943. The summed E-state index contributed by atoms with van der Waals surface area (Å²) in [6.45, 7) is 5.97. The highest BCUT2D eigenvalue weighted by Crippen LogP contribution is 2.27. The van der Waals surface area contributed by atoms with E-state index in [0.717, 1.165) is 48.1 Å². The molecule has 4 rings (SSSR count). The van der Waals surface area contributed by atoms with Gasteiger partial charge < -0.3 is 10.6 Å². The van der Waals surface area contributed by atoms with Crippen molar-refractivity contribution < 1.29 is 4.79 Å². The lowest BCUT2D eigenvalue weighted by Gasteiger charge is -2.22. The average Bonchev–Trinajstić information content (AvgIpc) is 3.11. The summed E-state index contributed by atoms with van der Waals surface area (Å²) in [5.74, 6) is -0.0445. The normalized spacial score (nSPS) is 14.8. The van der Waals surface area contributed by atoms with Crippen LogP contribution in [0.2, 0.25) is 0 Å². The molecule has 1 aromatic heterocycles. The van der Waals surface area contributed by atoms with Crippen molar-refractivity contribution in [2.45, 2.75) is 38.8 Å². The zero-order chi connectivity index (χ0) is 18.8. The van der Waals surface area contributed by atoms with Crippen molar-refractivity contribution in [3.05, 3.63) is 48.0 Å². The largest absolute Gasteiger partial charge is 0.350 e. The van der Waals surface area contributed by atoms with Crippen molar-refractivity contribution in [1.82, 2.24) is 25.6 Å². The van der Waals surface area contributed by atoms with Crippen LogP contribution in [0.4, 0.5) is 0 Å². The van der Waals surface area contributed by atoms with Crippen molar-refractivity contribution in [3.8, 4) is 11.1 Å². The highest BCUT2D eigenvalue weighted by atomic mass is 35.5. The van der Waals surface area contributed by atoms with E-state index in [1.54, 1.807) is 0 Å². The highest BCUT2D eigenvalue weighted by molar-refractivity contribution is 5.95. The predicted molar refractivity (Wildman–Crippen MR) is 114 cm³/mol. The Bertz CT molecular complexity index is 945. The highest BCUT2D eigenvalue weighted by Gasteiger charge is 2.18. The van der Waals surface area contributed by atoms with E-state index in [0.29, 0.717) is 11.6 Å². The van der Waals surface area contributed by atoms with Gasteiger partial charge in [-0.1, -0.05) is 23.4 Å². The molecule has 2 aromatic carbocycles. The van der Waals surface area contributed by atoms with Gasteiger partial charge in [-0.15, -0.1) is 17.5 Å². The van der Waals surface area contributed by atoms with Gasteiger partial charge in [0.2, 0.25) is 0 Å². The number of carbonyl (C=O) groups excluding carboxylic acids is 1. The fourth-order valence-electron chi connectivity index (χ4n) is 3.60. The Balaban J connectivity index is 0.00000225. The second-order valence-corrected chi connectivity index (χ2v) is 7.42. The van der Waals surface area contributed by atoms with Crippen LogP contribution in [0.3, 0.4) is 0 Å². The molecule has 1 aliphatic rings. The first kappa shape index (κ1) is 20.3. The van der Waals surface area contributed by atoms with Gasteiger partial charge in [-0.25, -0.2) is 4.68 Å². The van der Waals surface area contributed by atoms with Gasteiger partial charge >= 0.3 is 0 Å². The zero-order valence-electron chi connectivity index (χ0n) is 16.2. The molecule has 148 valence electrons. The molecule has 3 aromatic rings. The number of carbonyl (C=O) groups is 1. The molecular weight excluding hydrogens is 374 g/mol. The van der Waals surface area contributed by atoms with Crippen LogP contribution in [0.15, 0.2) is 42.5 Å². The summed E-state index contributed by atoms with van der Waals surface area (Å²) in [4.78, 5) is 12.1. The molecule has 0 aliphatic carbocycles. The van der Waals surface area contributed by atoms with Gasteiger partial charge in [-0.05, 0) is 75.2 Å². The molecule has 0 bridgehead atoms. The maximum Gasteiger partial charge on any atom is 0.251 e. The molecule has 28 heavy (non-hydrogen) atoms. The number of fused-ring (bicyclic) bond motifs is 1. The second kappa shape index (κ2) is 8.71. The summed E-state index contributed by atoms with van der Waals surface area (Å²) in [6, 6.07) is 14.5. The minimum Gasteiger partial charge on any atom is -0.350 e. The van der Waals surface area contributed by atoms with Gasteiger partial charge in [0.1, 0.15) is 5.52 Å². The van der Waals surface area contributed by atoms with Crippen LogP contribution in [-0.2, 0) is 0 Å². The topological polar surface area (TPSA) is 71.8 Å². The van der Waals surface area contributed by atoms with Crippen LogP contribution in [-0.4, -0.2) is 40.0 Å². The smallest absolute Gasteiger partial charge is 0.251 e. The summed E-state index contributed by atoms with van der Waals surface area (Å²) < 4.78 is 2.07. The third kappa shape index (κ3) is 4.18. The Morgan fingerprint density at radius 1 is 1.11 bits per heavy atom. The van der Waals surface area contributed by atoms with Crippen molar-refractivity contribution in [2.75, 3.05) is 13.1 Å². The standard InChI is InChI=1S/C21H25N5O.ClH/c1-14(2)23-21(27)16-5-3-15(4-6-16)17-7-8-20-19(13-17)24-25-26(20)18-9-11-22-12-10-18;/h3-8,13-14,18,22H,9-12H2,1-2H3,(H,23,27);1H. The summed E-state index contributed by atoms with van der Waals surface area (Å²) >= 11 is 0. The number of rotatable bonds is 4. The molecule has 1 saturated heterocycles. The van der Waals surface area contributed by atoms with Crippen LogP contribution < -0.4 is 10.6 Å². The van der Waals surface area contributed by atoms with E-state index in [2.05, 4.69) is 43.8 Å². The molecule has 0 unspecified atom stereocenters. The molecule has 6 nitrogen and oxygen atoms in total. The van der Waals surface area contributed by atoms with Crippen molar-refractivity contribution in [2.24, 2.45) is 0 Å². The predicted octanol–water partition coefficient (Wildman–Crippen LogP) is 3.58. The van der Waals surface area contributed by atoms with Gasteiger partial charge in [-0.2, -0.15) is 0 Å². The lowest BCUT2D eigenvalue weighted by atomic mass is 10.0. The number of benzene rings is 2. The molecule has 1 fully saturated rings. The van der Waals surface area contributed by atoms with E-state index in [9.17, 15) is 4.79 Å². The SMILES string of the molecule is CC(C)NC(=O)c1ccc(-c2ccc3c(c2)nnn3C2CCNCC2)cc1.Cl. The number of hydrogen-bond donors (Lipinski definition) is 2. The first-order valence-corrected chi connectivity index (χ1v) is 9.59. The first-order valence-electron chi connectivity index (χ1n) is 9.59. The summed E-state index contributed by atoms with van der Waals surface area (Å²) in [6.07, 6.45) is 2.17. The first-order chi connectivity index (χ1) is 13.1. The quantitative estimate of drug-likeness (QED) is 0.703. The molecule has 0 atom stereocenters. The minimum atomic E-state index is -0.0445. The van der Waals surface area contributed by atoms with Crippen LogP contribution in [0.1, 0.15) is 43.1 Å². The van der Waals surface area contributed by atoms with Crippen molar-refractivity contribution >= 4 is 29.3 Å². The number of amides is 1. The Kier molecular flexibility index (Phi) is 6.31. The fourth-order valence-corrected chi connectivity index (χ4v) is 3.60. The monoisotopic (exact) mass is 399 g/mol. The molecule has 1 aliphatic heterocycles. The minimum absolute atomic E-state index is 0. The van der Waals surface area contributed by atoms with E-state index in [-0.39, 0.29) is 24.4 Å². The van der Waals surface area contributed by atoms with E-state index >= 15 is 0 Å². The summed E-state index contributed by atoms with van der Waals surface area (Å²) in [5.41, 5.74) is 4.81. The number of piperidine rings is 1. The second-order valence-electron chi connectivity index (χ2n) is 7.42. The molecule has 0 spiro atoms. The summed E-state index contributed by atoms with van der Waals surface area (Å²) in [7, 11) is 0. The van der Waals surface area contributed by atoms with Gasteiger partial charge in [0.25, 0.3) is 5.91 Å². The third-order valence-corrected chi connectivity index (χ3v) is 5.03. The van der Waals surface area contributed by atoms with E-state index in [4.69, 9.17) is 0 Å². The average molecular weight is 400 g/mol. The lowest BCUT2D eigenvalue weighted by Crippen LogP contribution is -2.29. The Morgan fingerprint density at radius 2 is 1.79 bits per heavy atom.